The number of aryl methyl sites for hydroxylation is 1. The number of anilines is 1. The summed E-state index contributed by atoms with van der Waals surface area (Å²) in [6.45, 7) is 2.30. The van der Waals surface area contributed by atoms with Crippen molar-refractivity contribution >= 4 is 17.5 Å². The highest BCUT2D eigenvalue weighted by Gasteiger charge is 2.38. The predicted molar refractivity (Wildman–Crippen MR) is 89.4 cm³/mol. The van der Waals surface area contributed by atoms with Crippen LogP contribution in [-0.4, -0.2) is 47.3 Å². The van der Waals surface area contributed by atoms with Crippen LogP contribution in [0.2, 0.25) is 0 Å². The average Bonchev–Trinajstić information content (AvgIpc) is 3.11. The van der Waals surface area contributed by atoms with Crippen LogP contribution < -0.4 is 10.2 Å². The maximum atomic E-state index is 12.4. The van der Waals surface area contributed by atoms with Gasteiger partial charge < -0.3 is 20.4 Å². The summed E-state index contributed by atoms with van der Waals surface area (Å²) in [5.74, 6) is -0.735. The van der Waals surface area contributed by atoms with Gasteiger partial charge in [0.05, 0.1) is 12.0 Å². The van der Waals surface area contributed by atoms with Crippen LogP contribution in [0.3, 0.4) is 0 Å². The number of hydrogen-bond acceptors (Lipinski definition) is 4. The van der Waals surface area contributed by atoms with Crippen molar-refractivity contribution in [3.05, 3.63) is 29.8 Å². The minimum atomic E-state index is -0.574. The summed E-state index contributed by atoms with van der Waals surface area (Å²) in [6, 6.07) is 7.56. The minimum absolute atomic E-state index is 0.0429. The molecule has 2 fully saturated rings. The van der Waals surface area contributed by atoms with E-state index in [1.165, 1.54) is 0 Å². The second kappa shape index (κ2) is 6.91. The Balaban J connectivity index is 1.59. The van der Waals surface area contributed by atoms with Crippen molar-refractivity contribution in [1.82, 2.24) is 5.32 Å². The first-order chi connectivity index (χ1) is 11.5. The Labute approximate surface area is 141 Å². The fourth-order valence-corrected chi connectivity index (χ4v) is 3.59. The number of carbonyl (C=O) groups is 2. The summed E-state index contributed by atoms with van der Waals surface area (Å²) in [5.41, 5.74) is 1.94. The van der Waals surface area contributed by atoms with E-state index < -0.39 is 6.10 Å². The summed E-state index contributed by atoms with van der Waals surface area (Å²) in [7, 11) is 0. The summed E-state index contributed by atoms with van der Waals surface area (Å²) < 4.78 is 0. The van der Waals surface area contributed by atoms with Gasteiger partial charge >= 0.3 is 0 Å². The molecule has 6 heteroatoms. The van der Waals surface area contributed by atoms with Crippen LogP contribution >= 0.6 is 0 Å². The Morgan fingerprint density at radius 2 is 2.00 bits per heavy atom. The second-order valence-corrected chi connectivity index (χ2v) is 6.93. The van der Waals surface area contributed by atoms with Crippen molar-refractivity contribution in [2.45, 2.75) is 38.3 Å². The van der Waals surface area contributed by atoms with Crippen molar-refractivity contribution in [2.75, 3.05) is 18.1 Å². The molecule has 1 heterocycles. The number of carbonyl (C=O) groups excluding carboxylic acids is 2. The molecule has 0 unspecified atom stereocenters. The molecule has 0 radical (unpaired) electrons. The Morgan fingerprint density at radius 1 is 1.29 bits per heavy atom. The summed E-state index contributed by atoms with van der Waals surface area (Å²) >= 11 is 0. The fraction of sp³-hybridized carbons (Fsp3) is 0.556. The topological polar surface area (TPSA) is 89.9 Å². The number of rotatable bonds is 4. The fourth-order valence-electron chi connectivity index (χ4n) is 3.59. The van der Waals surface area contributed by atoms with Gasteiger partial charge in [0, 0.05) is 37.2 Å². The Kier molecular flexibility index (Phi) is 4.87. The third kappa shape index (κ3) is 3.44. The quantitative estimate of drug-likeness (QED) is 0.753. The highest BCUT2D eigenvalue weighted by Crippen LogP contribution is 2.28. The number of benzene rings is 1. The number of aliphatic hydroxyl groups is 2. The SMILES string of the molecule is Cc1ccc(N2C[C@@H](C(=O)N[C@H]3C[C@H](CO)[C@H](O)C3)CC2=O)cc1. The lowest BCUT2D eigenvalue weighted by molar-refractivity contribution is -0.126. The molecular formula is C18H24N2O4. The van der Waals surface area contributed by atoms with E-state index in [0.29, 0.717) is 19.4 Å². The molecule has 0 spiro atoms. The summed E-state index contributed by atoms with van der Waals surface area (Å²) in [4.78, 5) is 26.3. The van der Waals surface area contributed by atoms with Gasteiger partial charge in [0.25, 0.3) is 0 Å². The van der Waals surface area contributed by atoms with E-state index in [1.807, 2.05) is 31.2 Å². The van der Waals surface area contributed by atoms with Crippen molar-refractivity contribution in [3.8, 4) is 0 Å². The molecule has 1 aromatic carbocycles. The zero-order chi connectivity index (χ0) is 17.3. The predicted octanol–water partition coefficient (Wildman–Crippen LogP) is 0.596. The average molecular weight is 332 g/mol. The molecule has 1 aromatic rings. The molecule has 1 saturated heterocycles. The summed E-state index contributed by atoms with van der Waals surface area (Å²) in [6.07, 6.45) is 0.665. The Hall–Kier alpha value is -1.92. The van der Waals surface area contributed by atoms with Gasteiger partial charge in [-0.3, -0.25) is 9.59 Å². The molecule has 2 amide bonds. The third-order valence-electron chi connectivity index (χ3n) is 5.08. The van der Waals surface area contributed by atoms with E-state index in [1.54, 1.807) is 4.90 Å². The van der Waals surface area contributed by atoms with Gasteiger partial charge in [-0.2, -0.15) is 0 Å². The third-order valence-corrected chi connectivity index (χ3v) is 5.08. The monoisotopic (exact) mass is 332 g/mol. The molecule has 0 aromatic heterocycles. The molecule has 1 saturated carbocycles. The molecule has 6 nitrogen and oxygen atoms in total. The van der Waals surface area contributed by atoms with Gasteiger partial charge in [0.15, 0.2) is 0 Å². The number of aliphatic hydroxyl groups excluding tert-OH is 2. The molecule has 3 N–H and O–H groups in total. The van der Waals surface area contributed by atoms with E-state index in [2.05, 4.69) is 5.32 Å². The number of nitrogens with one attached hydrogen (secondary N) is 1. The van der Waals surface area contributed by atoms with Crippen LogP contribution in [0.25, 0.3) is 0 Å². The largest absolute Gasteiger partial charge is 0.396 e. The normalized spacial score (nSPS) is 30.0. The molecule has 3 rings (SSSR count). The lowest BCUT2D eigenvalue weighted by atomic mass is 10.1. The Bertz CT molecular complexity index is 616. The van der Waals surface area contributed by atoms with Crippen LogP contribution in [0, 0.1) is 18.8 Å². The van der Waals surface area contributed by atoms with Crippen LogP contribution in [0.5, 0.6) is 0 Å². The van der Waals surface area contributed by atoms with Crippen LogP contribution in [0.1, 0.15) is 24.8 Å². The Morgan fingerprint density at radius 3 is 2.62 bits per heavy atom. The highest BCUT2D eigenvalue weighted by atomic mass is 16.3. The van der Waals surface area contributed by atoms with Crippen molar-refractivity contribution in [1.29, 1.82) is 0 Å². The van der Waals surface area contributed by atoms with Gasteiger partial charge in [-0.05, 0) is 31.9 Å². The van der Waals surface area contributed by atoms with Gasteiger partial charge in [-0.25, -0.2) is 0 Å². The van der Waals surface area contributed by atoms with E-state index in [0.717, 1.165) is 11.3 Å². The van der Waals surface area contributed by atoms with Crippen molar-refractivity contribution in [2.24, 2.45) is 11.8 Å². The maximum Gasteiger partial charge on any atom is 0.227 e. The van der Waals surface area contributed by atoms with Gasteiger partial charge in [-0.15, -0.1) is 0 Å². The second-order valence-electron chi connectivity index (χ2n) is 6.93. The molecular weight excluding hydrogens is 308 g/mol. The van der Waals surface area contributed by atoms with Gasteiger partial charge in [0.2, 0.25) is 11.8 Å². The number of amides is 2. The highest BCUT2D eigenvalue weighted by molar-refractivity contribution is 6.00. The van der Waals surface area contributed by atoms with E-state index in [9.17, 15) is 19.8 Å². The first kappa shape index (κ1) is 16.9. The lowest BCUT2D eigenvalue weighted by Crippen LogP contribution is -2.39. The number of hydrogen-bond donors (Lipinski definition) is 3. The molecule has 130 valence electrons. The van der Waals surface area contributed by atoms with Gasteiger partial charge in [-0.1, -0.05) is 17.7 Å². The lowest BCUT2D eigenvalue weighted by Gasteiger charge is -2.18. The van der Waals surface area contributed by atoms with Crippen LogP contribution in [0.15, 0.2) is 24.3 Å². The maximum absolute atomic E-state index is 12.4. The van der Waals surface area contributed by atoms with Crippen molar-refractivity contribution < 1.29 is 19.8 Å². The van der Waals surface area contributed by atoms with Crippen LogP contribution in [0.4, 0.5) is 5.69 Å². The first-order valence-electron chi connectivity index (χ1n) is 8.44. The van der Waals surface area contributed by atoms with Gasteiger partial charge in [0.1, 0.15) is 0 Å². The molecule has 1 aliphatic carbocycles. The summed E-state index contributed by atoms with van der Waals surface area (Å²) in [5, 5.41) is 21.9. The van der Waals surface area contributed by atoms with E-state index in [-0.39, 0.29) is 42.7 Å². The molecule has 0 bridgehead atoms. The number of nitrogens with zero attached hydrogens (tertiary/aromatic N) is 1. The van der Waals surface area contributed by atoms with E-state index in [4.69, 9.17) is 0 Å². The van der Waals surface area contributed by atoms with Crippen LogP contribution in [-0.2, 0) is 9.59 Å². The molecule has 2 aliphatic rings. The smallest absolute Gasteiger partial charge is 0.227 e. The standard InChI is InChI=1S/C18H24N2O4/c1-11-2-4-15(5-3-11)20-9-12(7-17(20)23)18(24)19-14-6-13(10-21)16(22)8-14/h2-5,12-14,16,21-22H,6-10H2,1H3,(H,19,24)/t12-,13+,14-,16+/m0/s1. The molecule has 24 heavy (non-hydrogen) atoms. The minimum Gasteiger partial charge on any atom is -0.396 e. The first-order valence-corrected chi connectivity index (χ1v) is 8.44. The van der Waals surface area contributed by atoms with E-state index >= 15 is 0 Å². The zero-order valence-corrected chi connectivity index (χ0v) is 13.8. The zero-order valence-electron chi connectivity index (χ0n) is 13.8. The molecule has 1 aliphatic heterocycles. The van der Waals surface area contributed by atoms with Crippen molar-refractivity contribution in [3.63, 3.8) is 0 Å². The molecule has 4 atom stereocenters.